The molecule has 1 aliphatic heterocycles. The van der Waals surface area contributed by atoms with Crippen molar-refractivity contribution < 1.29 is 60.9 Å². The van der Waals surface area contributed by atoms with E-state index in [1.807, 2.05) is 153 Å². The summed E-state index contributed by atoms with van der Waals surface area (Å²) in [5.41, 5.74) is 25.6. The SMILES string of the molecule is CC(=O)Cl.CC1=C(c2ccc3nccnc3c2)C(=O)n2nc(-c3ccccc3)c(-c3ccccc3)c2C1.COC(=O)C(C(C)=O)c1ccc2nccnc2c1.COC(=O)Cc1ccc2nccnc2c1.Nc1n[nH]c(-c2ccccc2)c1-c1ccccc1.O=C(O)Cc1ccc2nccnc2c1.O=S(=O)(O)O. The number of halogens is 1. The smallest absolute Gasteiger partial charge is 0.394 e. The third kappa shape index (κ3) is 21.6. The number of aromatic nitrogens is 12. The molecule has 1 unspecified atom stereocenters. The molecular weight excluding hydrogens is 1410 g/mol. The van der Waals surface area contributed by atoms with Gasteiger partial charge in [0, 0.05) is 85.2 Å². The molecule has 0 amide bonds. The van der Waals surface area contributed by atoms with Crippen molar-refractivity contribution in [2.75, 3.05) is 20.0 Å². The number of anilines is 1. The van der Waals surface area contributed by atoms with E-state index < -0.39 is 28.3 Å². The van der Waals surface area contributed by atoms with Crippen molar-refractivity contribution in [3.8, 4) is 44.8 Å². The first-order valence-electron chi connectivity index (χ1n) is 32.4. The molecule has 8 aromatic carbocycles. The Balaban J connectivity index is 0.000000156. The number of nitrogens with two attached hydrogens (primary N) is 1. The first-order chi connectivity index (χ1) is 51.5. The van der Waals surface area contributed by atoms with Gasteiger partial charge in [-0.2, -0.15) is 23.3 Å². The number of hydrogen-bond donors (Lipinski definition) is 5. The molecule has 0 aliphatic carbocycles. The number of fused-ring (bicyclic) bond motifs is 5. The first kappa shape index (κ1) is 77.8. The number of carbonyl (C=O) groups is 6. The highest BCUT2D eigenvalue weighted by Gasteiger charge is 2.32. The fourth-order valence-corrected chi connectivity index (χ4v) is 11.1. The Kier molecular flexibility index (Phi) is 27.1. The minimum Gasteiger partial charge on any atom is -0.481 e. The molecule has 1 aliphatic rings. The van der Waals surface area contributed by atoms with Gasteiger partial charge in [0.05, 0.1) is 88.1 Å². The summed E-state index contributed by atoms with van der Waals surface area (Å²) in [5.74, 6) is -2.40. The Labute approximate surface area is 617 Å². The zero-order chi connectivity index (χ0) is 76.6. The third-order valence-electron chi connectivity index (χ3n) is 15.7. The van der Waals surface area contributed by atoms with E-state index in [9.17, 15) is 28.8 Å². The molecule has 7 heterocycles. The van der Waals surface area contributed by atoms with Crippen LogP contribution in [0.5, 0.6) is 0 Å². The normalized spacial score (nSPS) is 11.5. The number of hydrogen-bond acceptors (Lipinski definition) is 21. The average molecular weight is 1480 g/mol. The van der Waals surface area contributed by atoms with Crippen molar-refractivity contribution in [2.45, 2.75) is 46.0 Å². The summed E-state index contributed by atoms with van der Waals surface area (Å²) in [5, 5.41) is 20.2. The van der Waals surface area contributed by atoms with Crippen LogP contribution in [0.3, 0.4) is 0 Å². The van der Waals surface area contributed by atoms with E-state index in [1.165, 1.54) is 28.1 Å². The number of carboxylic acid groups (broad SMARTS) is 1. The molecule has 28 heteroatoms. The number of nitrogens with zero attached hydrogens (tertiary/aromatic N) is 11. The second kappa shape index (κ2) is 37.2. The van der Waals surface area contributed by atoms with Crippen molar-refractivity contribution in [3.05, 3.63) is 277 Å². The summed E-state index contributed by atoms with van der Waals surface area (Å²) < 4.78 is 42.4. The summed E-state index contributed by atoms with van der Waals surface area (Å²) in [7, 11) is -2.03. The molecule has 15 rings (SSSR count). The number of Topliss-reactive ketones (excluding diaryl/α,β-unsaturated/α-hetero) is 1. The quantitative estimate of drug-likeness (QED) is 0.0328. The predicted molar refractivity (Wildman–Crippen MR) is 405 cm³/mol. The fraction of sp³-hybridized carbons (Fsp3) is 0.114. The lowest BCUT2D eigenvalue weighted by atomic mass is 9.90. The van der Waals surface area contributed by atoms with Crippen molar-refractivity contribution >= 4 is 112 Å². The number of ether oxygens (including phenoxy) is 2. The molecule has 0 radical (unpaired) electrons. The monoisotopic (exact) mass is 1470 g/mol. The van der Waals surface area contributed by atoms with Crippen molar-refractivity contribution in [3.63, 3.8) is 0 Å². The minimum atomic E-state index is -4.67. The van der Waals surface area contributed by atoms with Gasteiger partial charge in [-0.05, 0) is 107 Å². The van der Waals surface area contributed by atoms with Crippen LogP contribution in [0, 0.1) is 0 Å². The van der Waals surface area contributed by atoms with Crippen molar-refractivity contribution in [1.29, 1.82) is 0 Å². The van der Waals surface area contributed by atoms with Gasteiger partial charge in [0.25, 0.3) is 5.91 Å². The highest BCUT2D eigenvalue weighted by molar-refractivity contribution is 7.79. The number of methoxy groups -OCH3 is 2. The predicted octanol–water partition coefficient (Wildman–Crippen LogP) is 13.4. The van der Waals surface area contributed by atoms with Crippen LogP contribution in [0.2, 0.25) is 0 Å². The summed E-state index contributed by atoms with van der Waals surface area (Å²) in [6, 6.07) is 62.1. The highest BCUT2D eigenvalue weighted by atomic mass is 35.5. The standard InChI is InChI=1S/C28H20N4O.C15H13N3.C13H12N2O3.C11H10N2O2.C10H8N2O2.C2H3ClO.H2O4S/c1-18-16-24-26(19-8-4-2-5-9-19)27(20-10-6-3-7-11-20)31-32(24)28(33)25(18)21-12-13-22-23(17-21)30-15-14-29-22;16-15-13(11-7-3-1-4-8-11)14(17-18-15)12-9-5-2-6-10-12;1-8(16)12(13(17)18-2)9-3-4-10-11(7-9)15-6-5-14-10;1-15-11(14)7-8-2-3-9-10(6-8)13-5-4-12-9;13-10(14)6-7-1-2-8-9(5-7)12-4-3-11-8;1-2(3)4;1-5(2,3)4/h2-15,17H,16H2,1H3;1-10H,(H3,16,17,18);3-7,12H,1-2H3;2-6H,7H2,1H3;1-5H,6H2,(H,13,14);1H3;(H2,1,2,3,4). The summed E-state index contributed by atoms with van der Waals surface area (Å²) in [4.78, 5) is 101. The average Bonchev–Trinajstić information content (AvgIpc) is 1.60. The number of nitrogens with one attached hydrogen (secondary N) is 1. The number of benzene rings is 8. The number of H-pyrrole nitrogens is 1. The Bertz CT molecular complexity index is 5630. The van der Waals surface area contributed by atoms with E-state index in [0.29, 0.717) is 34.4 Å². The lowest BCUT2D eigenvalue weighted by Gasteiger charge is -2.20. The number of carboxylic acids is 1. The topological polar surface area (TPSA) is 391 Å². The lowest BCUT2D eigenvalue weighted by Crippen LogP contribution is -2.23. The van der Waals surface area contributed by atoms with Crippen LogP contribution in [0.1, 0.15) is 59.4 Å². The van der Waals surface area contributed by atoms with Gasteiger partial charge in [-0.15, -0.1) is 0 Å². The van der Waals surface area contributed by atoms with Crippen LogP contribution in [-0.4, -0.2) is 132 Å². The van der Waals surface area contributed by atoms with Gasteiger partial charge < -0.3 is 20.3 Å². The molecule has 107 heavy (non-hydrogen) atoms. The van der Waals surface area contributed by atoms with Gasteiger partial charge in [0.15, 0.2) is 5.82 Å². The summed E-state index contributed by atoms with van der Waals surface area (Å²) in [6.07, 6.45) is 13.9. The lowest BCUT2D eigenvalue weighted by molar-refractivity contribution is -0.145. The van der Waals surface area contributed by atoms with E-state index in [0.717, 1.165) is 106 Å². The molecule has 26 nitrogen and oxygen atoms in total. The summed E-state index contributed by atoms with van der Waals surface area (Å²) >= 11 is 4.64. The molecule has 0 fully saturated rings. The number of aliphatic carboxylic acids is 1. The van der Waals surface area contributed by atoms with Crippen LogP contribution < -0.4 is 5.73 Å². The Hall–Kier alpha value is -13.3. The maximum absolute atomic E-state index is 13.8. The third-order valence-corrected chi connectivity index (χ3v) is 15.7. The minimum absolute atomic E-state index is 0.0204. The molecule has 0 saturated heterocycles. The van der Waals surface area contributed by atoms with Gasteiger partial charge in [-0.1, -0.05) is 151 Å². The molecular formula is C79H68ClN13O13S. The first-order valence-corrected chi connectivity index (χ1v) is 34.2. The van der Waals surface area contributed by atoms with Crippen LogP contribution in [0.15, 0.2) is 249 Å². The molecule has 1 atom stereocenters. The molecule has 6 aromatic heterocycles. The Morgan fingerprint density at radius 3 is 1.38 bits per heavy atom. The zero-order valence-corrected chi connectivity index (χ0v) is 59.6. The largest absolute Gasteiger partial charge is 0.481 e. The van der Waals surface area contributed by atoms with Crippen molar-refractivity contribution in [1.82, 2.24) is 59.8 Å². The van der Waals surface area contributed by atoms with Crippen LogP contribution in [0.4, 0.5) is 5.82 Å². The van der Waals surface area contributed by atoms with Gasteiger partial charge in [0.1, 0.15) is 17.4 Å². The number of esters is 2. The second-order valence-corrected chi connectivity index (χ2v) is 24.6. The molecule has 0 spiro atoms. The van der Waals surface area contributed by atoms with Gasteiger partial charge in [-0.3, -0.25) is 82.8 Å². The number of carbonyl (C=O) groups excluding carboxylic acids is 5. The van der Waals surface area contributed by atoms with Gasteiger partial charge in [-0.25, -0.2) is 0 Å². The Morgan fingerprint density at radius 2 is 0.935 bits per heavy atom. The zero-order valence-electron chi connectivity index (χ0n) is 58.0. The van der Waals surface area contributed by atoms with E-state index in [1.54, 1.807) is 90.7 Å². The molecule has 0 saturated carbocycles. The summed E-state index contributed by atoms with van der Waals surface area (Å²) in [6.45, 7) is 4.69. The number of allylic oxidation sites excluding steroid dienone is 2. The van der Waals surface area contributed by atoms with E-state index in [-0.39, 0.29) is 35.7 Å². The molecule has 14 aromatic rings. The molecule has 6 N–H and O–H groups in total. The second-order valence-electron chi connectivity index (χ2n) is 23.2. The van der Waals surface area contributed by atoms with Crippen LogP contribution in [0.25, 0.3) is 94.5 Å². The van der Waals surface area contributed by atoms with E-state index >= 15 is 0 Å². The Morgan fingerprint density at radius 1 is 0.533 bits per heavy atom. The maximum Gasteiger partial charge on any atom is 0.394 e. The van der Waals surface area contributed by atoms with Gasteiger partial charge in [0.2, 0.25) is 5.24 Å². The highest BCUT2D eigenvalue weighted by Crippen LogP contribution is 2.40. The van der Waals surface area contributed by atoms with Crippen LogP contribution >= 0.6 is 11.6 Å². The van der Waals surface area contributed by atoms with Crippen LogP contribution in [-0.2, 0) is 63.1 Å². The fourth-order valence-electron chi connectivity index (χ4n) is 11.1. The van der Waals surface area contributed by atoms with E-state index in [2.05, 4.69) is 83.3 Å². The number of ketones is 1. The van der Waals surface area contributed by atoms with Crippen molar-refractivity contribution in [2.24, 2.45) is 0 Å². The van der Waals surface area contributed by atoms with E-state index in [4.69, 9.17) is 33.5 Å². The number of rotatable bonds is 12. The number of aromatic amines is 1. The molecule has 540 valence electrons. The number of nitrogen functional groups attached to an aromatic ring is 1. The van der Waals surface area contributed by atoms with Gasteiger partial charge >= 0.3 is 28.3 Å². The maximum atomic E-state index is 13.8. The molecule has 0 bridgehead atoms.